The summed E-state index contributed by atoms with van der Waals surface area (Å²) in [6.07, 6.45) is 0.315. The molecule has 0 radical (unpaired) electrons. The molecule has 5 heteroatoms. The van der Waals surface area contributed by atoms with E-state index in [-0.39, 0.29) is 11.7 Å². The van der Waals surface area contributed by atoms with Crippen LogP contribution in [0.15, 0.2) is 48.5 Å². The molecule has 0 aliphatic carbocycles. The van der Waals surface area contributed by atoms with Gasteiger partial charge in [-0.05, 0) is 36.8 Å². The number of para-hydroxylation sites is 2. The third-order valence-electron chi connectivity index (χ3n) is 4.41. The quantitative estimate of drug-likeness (QED) is 0.837. The number of rotatable bonds is 5. The fraction of sp³-hybridized carbons (Fsp3) is 0.350. The molecule has 0 saturated carbocycles. The van der Waals surface area contributed by atoms with Crippen molar-refractivity contribution in [3.63, 3.8) is 0 Å². The number of halogens is 1. The van der Waals surface area contributed by atoms with E-state index < -0.39 is 0 Å². The van der Waals surface area contributed by atoms with Crippen LogP contribution in [0.25, 0.3) is 0 Å². The van der Waals surface area contributed by atoms with Gasteiger partial charge < -0.3 is 14.5 Å². The monoisotopic (exact) mass is 342 g/mol. The lowest BCUT2D eigenvalue weighted by molar-refractivity contribution is -0.130. The predicted octanol–water partition coefficient (Wildman–Crippen LogP) is 3.12. The second-order valence-electron chi connectivity index (χ2n) is 6.07. The van der Waals surface area contributed by atoms with Crippen molar-refractivity contribution in [1.29, 1.82) is 0 Å². The first-order valence-electron chi connectivity index (χ1n) is 8.66. The Morgan fingerprint density at radius 1 is 1.04 bits per heavy atom. The van der Waals surface area contributed by atoms with Crippen molar-refractivity contribution in [3.8, 4) is 5.75 Å². The summed E-state index contributed by atoms with van der Waals surface area (Å²) in [6, 6.07) is 14.1. The summed E-state index contributed by atoms with van der Waals surface area (Å²) in [5, 5.41) is 0. The Hall–Kier alpha value is -2.56. The molecule has 0 N–H and O–H groups in total. The molecule has 3 rings (SSSR count). The van der Waals surface area contributed by atoms with Crippen molar-refractivity contribution in [2.24, 2.45) is 0 Å². The molecular weight excluding hydrogens is 319 g/mol. The zero-order valence-electron chi connectivity index (χ0n) is 14.5. The van der Waals surface area contributed by atoms with Gasteiger partial charge in [0.15, 0.2) is 0 Å². The van der Waals surface area contributed by atoms with Gasteiger partial charge in [0, 0.05) is 26.2 Å². The van der Waals surface area contributed by atoms with E-state index in [0.717, 1.165) is 30.1 Å². The molecule has 2 aromatic carbocycles. The SMILES string of the molecule is CCOc1ccccc1N1CCN(C(=O)Cc2ccc(F)cc2)CC1. The molecule has 1 heterocycles. The zero-order chi connectivity index (χ0) is 17.6. The van der Waals surface area contributed by atoms with E-state index in [1.807, 2.05) is 30.0 Å². The summed E-state index contributed by atoms with van der Waals surface area (Å²) >= 11 is 0. The Bertz CT molecular complexity index is 710. The van der Waals surface area contributed by atoms with Crippen molar-refractivity contribution >= 4 is 11.6 Å². The number of benzene rings is 2. The molecule has 1 aliphatic rings. The van der Waals surface area contributed by atoms with Gasteiger partial charge in [-0.15, -0.1) is 0 Å². The van der Waals surface area contributed by atoms with Crippen LogP contribution in [-0.4, -0.2) is 43.6 Å². The molecule has 2 aromatic rings. The van der Waals surface area contributed by atoms with Crippen LogP contribution in [0.3, 0.4) is 0 Å². The molecule has 0 aromatic heterocycles. The fourth-order valence-electron chi connectivity index (χ4n) is 3.08. The Kier molecular flexibility index (Phi) is 5.53. The maximum Gasteiger partial charge on any atom is 0.227 e. The molecular formula is C20H23FN2O2. The first-order valence-corrected chi connectivity index (χ1v) is 8.66. The fourth-order valence-corrected chi connectivity index (χ4v) is 3.08. The van der Waals surface area contributed by atoms with E-state index in [1.54, 1.807) is 12.1 Å². The number of anilines is 1. The summed E-state index contributed by atoms with van der Waals surface area (Å²) in [5.41, 5.74) is 1.92. The van der Waals surface area contributed by atoms with Crippen molar-refractivity contribution in [3.05, 3.63) is 59.9 Å². The molecule has 0 bridgehead atoms. The third-order valence-corrected chi connectivity index (χ3v) is 4.41. The minimum atomic E-state index is -0.280. The maximum atomic E-state index is 13.0. The van der Waals surface area contributed by atoms with Gasteiger partial charge in [-0.1, -0.05) is 24.3 Å². The van der Waals surface area contributed by atoms with Crippen LogP contribution in [0, 0.1) is 5.82 Å². The Morgan fingerprint density at radius 3 is 2.40 bits per heavy atom. The first kappa shape index (κ1) is 17.3. The highest BCUT2D eigenvalue weighted by atomic mass is 19.1. The minimum absolute atomic E-state index is 0.0874. The van der Waals surface area contributed by atoms with E-state index in [0.29, 0.717) is 26.1 Å². The van der Waals surface area contributed by atoms with E-state index >= 15 is 0 Å². The van der Waals surface area contributed by atoms with Crippen LogP contribution in [0.5, 0.6) is 5.75 Å². The van der Waals surface area contributed by atoms with Gasteiger partial charge in [0.05, 0.1) is 18.7 Å². The third kappa shape index (κ3) is 4.29. The number of ether oxygens (including phenoxy) is 1. The highest BCUT2D eigenvalue weighted by Crippen LogP contribution is 2.28. The van der Waals surface area contributed by atoms with Gasteiger partial charge in [0.1, 0.15) is 11.6 Å². The number of nitrogens with zero attached hydrogens (tertiary/aromatic N) is 2. The lowest BCUT2D eigenvalue weighted by Crippen LogP contribution is -2.49. The van der Waals surface area contributed by atoms with E-state index in [4.69, 9.17) is 4.74 Å². The summed E-state index contributed by atoms with van der Waals surface area (Å²) in [6.45, 7) is 5.52. The summed E-state index contributed by atoms with van der Waals surface area (Å²) in [7, 11) is 0. The highest BCUT2D eigenvalue weighted by molar-refractivity contribution is 5.79. The second kappa shape index (κ2) is 8.01. The summed E-state index contributed by atoms with van der Waals surface area (Å²) in [4.78, 5) is 16.6. The summed E-state index contributed by atoms with van der Waals surface area (Å²) < 4.78 is 18.7. The molecule has 0 spiro atoms. The van der Waals surface area contributed by atoms with Crippen LogP contribution in [0.2, 0.25) is 0 Å². The maximum absolute atomic E-state index is 13.0. The molecule has 132 valence electrons. The van der Waals surface area contributed by atoms with Gasteiger partial charge in [-0.2, -0.15) is 0 Å². The molecule has 25 heavy (non-hydrogen) atoms. The van der Waals surface area contributed by atoms with Crippen LogP contribution < -0.4 is 9.64 Å². The van der Waals surface area contributed by atoms with E-state index in [2.05, 4.69) is 11.0 Å². The Balaban J connectivity index is 1.58. The minimum Gasteiger partial charge on any atom is -0.492 e. The Morgan fingerprint density at radius 2 is 1.72 bits per heavy atom. The normalized spacial score (nSPS) is 14.5. The zero-order valence-corrected chi connectivity index (χ0v) is 14.5. The van der Waals surface area contributed by atoms with E-state index in [1.165, 1.54) is 12.1 Å². The highest BCUT2D eigenvalue weighted by Gasteiger charge is 2.22. The van der Waals surface area contributed by atoms with Gasteiger partial charge in [-0.3, -0.25) is 4.79 Å². The summed E-state index contributed by atoms with van der Waals surface area (Å²) in [5.74, 6) is 0.693. The second-order valence-corrected chi connectivity index (χ2v) is 6.07. The Labute approximate surface area is 147 Å². The van der Waals surface area contributed by atoms with Crippen LogP contribution >= 0.6 is 0 Å². The lowest BCUT2D eigenvalue weighted by Gasteiger charge is -2.36. The van der Waals surface area contributed by atoms with Crippen molar-refractivity contribution in [2.75, 3.05) is 37.7 Å². The van der Waals surface area contributed by atoms with E-state index in [9.17, 15) is 9.18 Å². The van der Waals surface area contributed by atoms with Crippen LogP contribution in [-0.2, 0) is 11.2 Å². The molecule has 1 fully saturated rings. The smallest absolute Gasteiger partial charge is 0.227 e. The van der Waals surface area contributed by atoms with Gasteiger partial charge in [0.2, 0.25) is 5.91 Å². The van der Waals surface area contributed by atoms with Crippen molar-refractivity contribution in [2.45, 2.75) is 13.3 Å². The molecule has 1 aliphatic heterocycles. The van der Waals surface area contributed by atoms with Crippen LogP contribution in [0.1, 0.15) is 12.5 Å². The number of hydrogen-bond donors (Lipinski definition) is 0. The number of carbonyl (C=O) groups is 1. The first-order chi connectivity index (χ1) is 12.2. The number of hydrogen-bond acceptors (Lipinski definition) is 3. The average Bonchev–Trinajstić information content (AvgIpc) is 2.64. The van der Waals surface area contributed by atoms with Gasteiger partial charge >= 0.3 is 0 Å². The number of carbonyl (C=O) groups excluding carboxylic acids is 1. The topological polar surface area (TPSA) is 32.8 Å². The lowest BCUT2D eigenvalue weighted by atomic mass is 10.1. The molecule has 0 atom stereocenters. The van der Waals surface area contributed by atoms with Gasteiger partial charge in [-0.25, -0.2) is 4.39 Å². The van der Waals surface area contributed by atoms with Crippen LogP contribution in [0.4, 0.5) is 10.1 Å². The predicted molar refractivity (Wildman–Crippen MR) is 96.5 cm³/mol. The molecule has 1 amide bonds. The molecule has 4 nitrogen and oxygen atoms in total. The number of amides is 1. The van der Waals surface area contributed by atoms with Gasteiger partial charge in [0.25, 0.3) is 0 Å². The van der Waals surface area contributed by atoms with Crippen molar-refractivity contribution < 1.29 is 13.9 Å². The largest absolute Gasteiger partial charge is 0.492 e. The van der Waals surface area contributed by atoms with Crippen molar-refractivity contribution in [1.82, 2.24) is 4.90 Å². The molecule has 0 unspecified atom stereocenters. The standard InChI is InChI=1S/C20H23FN2O2/c1-2-25-19-6-4-3-5-18(19)22-11-13-23(14-12-22)20(24)15-16-7-9-17(21)10-8-16/h3-10H,2,11-15H2,1H3. The number of piperazine rings is 1. The average molecular weight is 342 g/mol. The molecule has 1 saturated heterocycles.